The van der Waals surface area contributed by atoms with Crippen LogP contribution in [0.2, 0.25) is 0 Å². The number of aromatic amines is 1. The lowest BCUT2D eigenvalue weighted by Crippen LogP contribution is -2.20. The van der Waals surface area contributed by atoms with Gasteiger partial charge in [-0.3, -0.25) is 0 Å². The molecule has 5 aromatic rings. The lowest BCUT2D eigenvalue weighted by molar-refractivity contribution is 0.0602. The van der Waals surface area contributed by atoms with E-state index in [1.54, 1.807) is 6.07 Å². The van der Waals surface area contributed by atoms with Crippen molar-refractivity contribution in [3.8, 4) is 17.2 Å². The first kappa shape index (κ1) is 21.3. The Kier molecular flexibility index (Phi) is 5.71. The van der Waals surface area contributed by atoms with Gasteiger partial charge in [-0.25, -0.2) is 9.78 Å². The number of anilines is 1. The van der Waals surface area contributed by atoms with Gasteiger partial charge in [-0.1, -0.05) is 30.3 Å². The van der Waals surface area contributed by atoms with Gasteiger partial charge in [0.2, 0.25) is 0 Å². The van der Waals surface area contributed by atoms with Gasteiger partial charge in [-0.2, -0.15) is 5.26 Å². The number of esters is 1. The highest BCUT2D eigenvalue weighted by atomic mass is 16.5. The molecule has 0 fully saturated rings. The number of rotatable bonds is 7. The number of aryl methyl sites for hydroxylation is 1. The number of H-pyrrole nitrogens is 1. The molecule has 168 valence electrons. The summed E-state index contributed by atoms with van der Waals surface area (Å²) in [4.78, 5) is 20.0. The first-order chi connectivity index (χ1) is 16.7. The molecule has 0 saturated heterocycles. The SMILES string of the molecule is COC(=O)c1cc(-c2ccc3ocnc3c2)ccc1NC(C#N)CCc1c[nH]c2ccccc12. The van der Waals surface area contributed by atoms with Crippen LogP contribution in [0.3, 0.4) is 0 Å². The molecular weight excluding hydrogens is 428 g/mol. The number of nitrogens with zero attached hydrogens (tertiary/aromatic N) is 2. The van der Waals surface area contributed by atoms with E-state index in [0.29, 0.717) is 23.3 Å². The predicted octanol–water partition coefficient (Wildman–Crippen LogP) is 5.70. The monoisotopic (exact) mass is 450 g/mol. The molecule has 0 aliphatic rings. The number of hydrogen-bond donors (Lipinski definition) is 2. The van der Waals surface area contributed by atoms with Crippen LogP contribution in [0.15, 0.2) is 77.7 Å². The number of para-hydroxylation sites is 1. The van der Waals surface area contributed by atoms with Gasteiger partial charge < -0.3 is 19.5 Å². The molecule has 2 aromatic heterocycles. The quantitative estimate of drug-likeness (QED) is 0.308. The number of carbonyl (C=O) groups excluding carboxylic acids is 1. The molecule has 0 aliphatic carbocycles. The highest BCUT2D eigenvalue weighted by Crippen LogP contribution is 2.29. The van der Waals surface area contributed by atoms with Crippen molar-refractivity contribution in [1.82, 2.24) is 9.97 Å². The van der Waals surface area contributed by atoms with E-state index in [2.05, 4.69) is 27.4 Å². The van der Waals surface area contributed by atoms with Crippen LogP contribution in [0.5, 0.6) is 0 Å². The fourth-order valence-electron chi connectivity index (χ4n) is 4.16. The molecule has 0 bridgehead atoms. The van der Waals surface area contributed by atoms with Gasteiger partial charge >= 0.3 is 5.97 Å². The Bertz CT molecular complexity index is 1530. The van der Waals surface area contributed by atoms with E-state index in [9.17, 15) is 10.1 Å². The van der Waals surface area contributed by atoms with Gasteiger partial charge in [0, 0.05) is 22.8 Å². The van der Waals surface area contributed by atoms with Crippen LogP contribution in [-0.2, 0) is 11.2 Å². The van der Waals surface area contributed by atoms with Crippen molar-refractivity contribution < 1.29 is 13.9 Å². The molecule has 0 spiro atoms. The maximum atomic E-state index is 12.6. The van der Waals surface area contributed by atoms with Crippen LogP contribution < -0.4 is 5.32 Å². The van der Waals surface area contributed by atoms with Crippen molar-refractivity contribution >= 4 is 33.7 Å². The number of methoxy groups -OCH3 is 1. The smallest absolute Gasteiger partial charge is 0.339 e. The Morgan fingerprint density at radius 3 is 2.85 bits per heavy atom. The summed E-state index contributed by atoms with van der Waals surface area (Å²) >= 11 is 0. The van der Waals surface area contributed by atoms with Gasteiger partial charge in [0.05, 0.1) is 18.7 Å². The second-order valence-electron chi connectivity index (χ2n) is 8.01. The lowest BCUT2D eigenvalue weighted by atomic mass is 10.00. The third kappa shape index (κ3) is 4.09. The zero-order valence-electron chi connectivity index (χ0n) is 18.5. The Balaban J connectivity index is 1.39. The zero-order chi connectivity index (χ0) is 23.5. The van der Waals surface area contributed by atoms with E-state index in [-0.39, 0.29) is 0 Å². The molecular formula is C27H22N4O3. The summed E-state index contributed by atoms with van der Waals surface area (Å²) in [7, 11) is 1.35. The van der Waals surface area contributed by atoms with E-state index < -0.39 is 12.0 Å². The largest absolute Gasteiger partial charge is 0.465 e. The fourth-order valence-corrected chi connectivity index (χ4v) is 4.16. The molecule has 1 atom stereocenters. The molecule has 0 saturated carbocycles. The number of fused-ring (bicyclic) bond motifs is 2. The van der Waals surface area contributed by atoms with Crippen molar-refractivity contribution in [1.29, 1.82) is 5.26 Å². The zero-order valence-corrected chi connectivity index (χ0v) is 18.5. The molecule has 7 heteroatoms. The van der Waals surface area contributed by atoms with E-state index in [4.69, 9.17) is 9.15 Å². The van der Waals surface area contributed by atoms with Gasteiger partial charge in [0.15, 0.2) is 12.0 Å². The summed E-state index contributed by atoms with van der Waals surface area (Å²) in [6.07, 6.45) is 4.70. The standard InChI is InChI=1S/C27H22N4O3/c1-33-27(32)22-12-17(18-8-11-26-25(13-18)30-16-34-26)7-10-24(22)31-20(14-28)9-6-19-15-29-23-5-3-2-4-21(19)23/h2-5,7-8,10-13,15-16,20,29,31H,6,9H2,1H3. The number of carbonyl (C=O) groups is 1. The normalized spacial score (nSPS) is 11.9. The summed E-state index contributed by atoms with van der Waals surface area (Å²) in [5, 5.41) is 14.2. The highest BCUT2D eigenvalue weighted by Gasteiger charge is 2.18. The van der Waals surface area contributed by atoms with Crippen LogP contribution in [0.25, 0.3) is 33.1 Å². The summed E-state index contributed by atoms with van der Waals surface area (Å²) in [5.74, 6) is -0.472. The first-order valence-corrected chi connectivity index (χ1v) is 10.9. The van der Waals surface area contributed by atoms with Crippen LogP contribution >= 0.6 is 0 Å². The topological polar surface area (TPSA) is 104 Å². The van der Waals surface area contributed by atoms with Gasteiger partial charge in [0.25, 0.3) is 0 Å². The third-order valence-corrected chi connectivity index (χ3v) is 5.95. The molecule has 3 aromatic carbocycles. The highest BCUT2D eigenvalue weighted by molar-refractivity contribution is 5.97. The number of nitriles is 1. The molecule has 7 nitrogen and oxygen atoms in total. The Morgan fingerprint density at radius 2 is 2.00 bits per heavy atom. The van der Waals surface area contributed by atoms with Gasteiger partial charge in [0.1, 0.15) is 11.6 Å². The number of aromatic nitrogens is 2. The predicted molar refractivity (Wildman–Crippen MR) is 130 cm³/mol. The number of benzene rings is 3. The lowest BCUT2D eigenvalue weighted by Gasteiger charge is -2.16. The van der Waals surface area contributed by atoms with E-state index in [0.717, 1.165) is 39.5 Å². The molecule has 0 aliphatic heterocycles. The number of hydrogen-bond acceptors (Lipinski definition) is 6. The van der Waals surface area contributed by atoms with Crippen LogP contribution in [0.1, 0.15) is 22.3 Å². The number of oxazole rings is 1. The van der Waals surface area contributed by atoms with Crippen LogP contribution in [0, 0.1) is 11.3 Å². The van der Waals surface area contributed by atoms with Crippen molar-refractivity contribution in [2.45, 2.75) is 18.9 Å². The minimum Gasteiger partial charge on any atom is -0.465 e. The Hall–Kier alpha value is -4.57. The maximum absolute atomic E-state index is 12.6. The van der Waals surface area contributed by atoms with Crippen LogP contribution in [0.4, 0.5) is 5.69 Å². The Labute approximate surface area is 196 Å². The summed E-state index contributed by atoms with van der Waals surface area (Å²) in [5.41, 5.74) is 6.33. The van der Waals surface area contributed by atoms with Crippen molar-refractivity contribution in [3.05, 3.63) is 84.4 Å². The van der Waals surface area contributed by atoms with Crippen molar-refractivity contribution in [2.24, 2.45) is 0 Å². The van der Waals surface area contributed by atoms with Crippen molar-refractivity contribution in [3.63, 3.8) is 0 Å². The molecule has 1 unspecified atom stereocenters. The molecule has 0 radical (unpaired) electrons. The Morgan fingerprint density at radius 1 is 1.18 bits per heavy atom. The van der Waals surface area contributed by atoms with E-state index in [1.807, 2.05) is 54.7 Å². The maximum Gasteiger partial charge on any atom is 0.339 e. The molecule has 5 rings (SSSR count). The molecule has 2 N–H and O–H groups in total. The van der Waals surface area contributed by atoms with Crippen molar-refractivity contribution in [2.75, 3.05) is 12.4 Å². The number of nitrogens with one attached hydrogen (secondary N) is 2. The fraction of sp³-hybridized carbons (Fsp3) is 0.148. The minimum atomic E-state index is -0.477. The minimum absolute atomic E-state index is 0.368. The molecule has 0 amide bonds. The number of ether oxygens (including phenoxy) is 1. The average Bonchev–Trinajstić information content (AvgIpc) is 3.52. The van der Waals surface area contributed by atoms with Gasteiger partial charge in [-0.15, -0.1) is 0 Å². The second-order valence-corrected chi connectivity index (χ2v) is 8.01. The summed E-state index contributed by atoms with van der Waals surface area (Å²) in [6, 6.07) is 21.1. The first-order valence-electron chi connectivity index (χ1n) is 10.9. The van der Waals surface area contributed by atoms with E-state index in [1.165, 1.54) is 13.5 Å². The summed E-state index contributed by atoms with van der Waals surface area (Å²) in [6.45, 7) is 0. The average molecular weight is 450 g/mol. The van der Waals surface area contributed by atoms with E-state index >= 15 is 0 Å². The summed E-state index contributed by atoms with van der Waals surface area (Å²) < 4.78 is 10.3. The molecule has 34 heavy (non-hydrogen) atoms. The van der Waals surface area contributed by atoms with Crippen LogP contribution in [-0.4, -0.2) is 29.1 Å². The second kappa shape index (κ2) is 9.12. The third-order valence-electron chi connectivity index (χ3n) is 5.95. The molecule has 2 heterocycles. The van der Waals surface area contributed by atoms with Gasteiger partial charge in [-0.05, 0) is 59.9 Å².